The standard InChI is InChI=1S/C52H35N5/c1-34-36(19-12-29-48(34)57-51-27-8-4-17-40(51)41-18-5-9-28-52(41)57)44-21-13-23-46(54-44)47-24-14-22-45(55-47)37-31-30-35(33-42(37)43-20-10-11-32-53-43)56-49-25-6-2-15-38(49)39-16-3-7-26-50(39)56/h2-33H,1H3. The summed E-state index contributed by atoms with van der Waals surface area (Å²) >= 11 is 0. The summed E-state index contributed by atoms with van der Waals surface area (Å²) in [6.45, 7) is 2.20. The van der Waals surface area contributed by atoms with Crippen LogP contribution in [-0.4, -0.2) is 24.1 Å². The highest BCUT2D eigenvalue weighted by Crippen LogP contribution is 2.38. The lowest BCUT2D eigenvalue weighted by Gasteiger charge is -2.16. The van der Waals surface area contributed by atoms with Crippen molar-refractivity contribution in [3.05, 3.63) is 200 Å². The molecule has 0 aliphatic carbocycles. The van der Waals surface area contributed by atoms with Crippen LogP contribution in [0.5, 0.6) is 0 Å². The van der Waals surface area contributed by atoms with Gasteiger partial charge in [-0.1, -0.05) is 109 Å². The Morgan fingerprint density at radius 1 is 0.351 bits per heavy atom. The molecule has 5 aromatic heterocycles. The molecular formula is C52H35N5. The van der Waals surface area contributed by atoms with Crippen molar-refractivity contribution in [3.63, 3.8) is 0 Å². The molecule has 6 aromatic carbocycles. The molecule has 57 heavy (non-hydrogen) atoms. The van der Waals surface area contributed by atoms with Crippen molar-refractivity contribution < 1.29 is 0 Å². The molecule has 0 unspecified atom stereocenters. The van der Waals surface area contributed by atoms with E-state index in [9.17, 15) is 0 Å². The number of para-hydroxylation sites is 4. The lowest BCUT2D eigenvalue weighted by molar-refractivity contribution is 1.15. The smallest absolute Gasteiger partial charge is 0.0893 e. The summed E-state index contributed by atoms with van der Waals surface area (Å²) in [6.07, 6.45) is 1.85. The Labute approximate surface area is 329 Å². The maximum Gasteiger partial charge on any atom is 0.0893 e. The number of hydrogen-bond donors (Lipinski definition) is 0. The number of benzene rings is 6. The van der Waals surface area contributed by atoms with Crippen LogP contribution >= 0.6 is 0 Å². The Morgan fingerprint density at radius 2 is 0.825 bits per heavy atom. The molecule has 0 saturated heterocycles. The monoisotopic (exact) mass is 729 g/mol. The van der Waals surface area contributed by atoms with Crippen molar-refractivity contribution in [2.24, 2.45) is 0 Å². The summed E-state index contributed by atoms with van der Waals surface area (Å²) in [5.41, 5.74) is 15.5. The molecule has 0 spiro atoms. The third-order valence-electron chi connectivity index (χ3n) is 11.2. The van der Waals surface area contributed by atoms with Gasteiger partial charge in [0.15, 0.2) is 0 Å². The molecule has 0 N–H and O–H groups in total. The average molecular weight is 730 g/mol. The highest BCUT2D eigenvalue weighted by atomic mass is 15.0. The Bertz CT molecular complexity index is 3210. The molecule has 0 atom stereocenters. The quantitative estimate of drug-likeness (QED) is 0.171. The highest BCUT2D eigenvalue weighted by molar-refractivity contribution is 6.10. The van der Waals surface area contributed by atoms with Gasteiger partial charge >= 0.3 is 0 Å². The normalized spacial score (nSPS) is 11.6. The SMILES string of the molecule is Cc1c(-c2cccc(-c3cccc(-c4ccc(-n5c6ccccc6c6ccccc65)cc4-c4ccccn4)n3)n2)cccc1-n1c2ccccc2c2ccccc21. The molecule has 5 nitrogen and oxygen atoms in total. The fourth-order valence-corrected chi connectivity index (χ4v) is 8.61. The van der Waals surface area contributed by atoms with Crippen LogP contribution in [-0.2, 0) is 0 Å². The van der Waals surface area contributed by atoms with Crippen molar-refractivity contribution in [2.75, 3.05) is 0 Å². The predicted octanol–water partition coefficient (Wildman–Crippen LogP) is 13.0. The Morgan fingerprint density at radius 3 is 1.39 bits per heavy atom. The van der Waals surface area contributed by atoms with Crippen LogP contribution in [0.2, 0.25) is 0 Å². The fraction of sp³-hybridized carbons (Fsp3) is 0.0192. The molecule has 268 valence electrons. The zero-order valence-electron chi connectivity index (χ0n) is 31.2. The second kappa shape index (κ2) is 13.3. The molecule has 0 aliphatic rings. The van der Waals surface area contributed by atoms with E-state index in [0.29, 0.717) is 0 Å². The van der Waals surface area contributed by atoms with Crippen molar-refractivity contribution in [2.45, 2.75) is 6.92 Å². The van der Waals surface area contributed by atoms with Gasteiger partial charge in [0.1, 0.15) is 0 Å². The number of nitrogens with zero attached hydrogens (tertiary/aromatic N) is 5. The molecule has 0 fully saturated rings. The molecular weight excluding hydrogens is 695 g/mol. The maximum absolute atomic E-state index is 5.27. The third-order valence-corrected chi connectivity index (χ3v) is 11.2. The van der Waals surface area contributed by atoms with E-state index in [2.05, 4.69) is 180 Å². The predicted molar refractivity (Wildman–Crippen MR) is 235 cm³/mol. The van der Waals surface area contributed by atoms with Gasteiger partial charge in [0, 0.05) is 55.8 Å². The maximum atomic E-state index is 5.27. The summed E-state index contributed by atoms with van der Waals surface area (Å²) < 4.78 is 4.72. The van der Waals surface area contributed by atoms with Crippen LogP contribution in [0.4, 0.5) is 0 Å². The number of fused-ring (bicyclic) bond motifs is 6. The van der Waals surface area contributed by atoms with Gasteiger partial charge < -0.3 is 9.13 Å². The second-order valence-electron chi connectivity index (χ2n) is 14.5. The van der Waals surface area contributed by atoms with Crippen molar-refractivity contribution in [1.82, 2.24) is 24.1 Å². The largest absolute Gasteiger partial charge is 0.309 e. The molecule has 5 heterocycles. The van der Waals surface area contributed by atoms with Crippen molar-refractivity contribution in [3.8, 4) is 56.5 Å². The van der Waals surface area contributed by atoms with Crippen LogP contribution in [0.1, 0.15) is 5.56 Å². The van der Waals surface area contributed by atoms with Crippen LogP contribution < -0.4 is 0 Å². The average Bonchev–Trinajstić information content (AvgIpc) is 3.80. The zero-order chi connectivity index (χ0) is 37.9. The van der Waals surface area contributed by atoms with Gasteiger partial charge in [-0.2, -0.15) is 0 Å². The van der Waals surface area contributed by atoms with Crippen molar-refractivity contribution in [1.29, 1.82) is 0 Å². The number of aromatic nitrogens is 5. The highest BCUT2D eigenvalue weighted by Gasteiger charge is 2.18. The summed E-state index contributed by atoms with van der Waals surface area (Å²) in [5, 5.41) is 4.96. The molecule has 0 amide bonds. The Balaban J connectivity index is 1.01. The van der Waals surface area contributed by atoms with E-state index in [1.807, 2.05) is 30.5 Å². The Hall–Kier alpha value is -7.63. The minimum absolute atomic E-state index is 0.809. The fourth-order valence-electron chi connectivity index (χ4n) is 8.61. The van der Waals surface area contributed by atoms with Gasteiger partial charge in [0.05, 0.1) is 50.5 Å². The minimum Gasteiger partial charge on any atom is -0.309 e. The van der Waals surface area contributed by atoms with E-state index >= 15 is 0 Å². The first kappa shape index (κ1) is 32.8. The van der Waals surface area contributed by atoms with E-state index in [4.69, 9.17) is 15.0 Å². The van der Waals surface area contributed by atoms with E-state index in [1.54, 1.807) is 0 Å². The van der Waals surface area contributed by atoms with Gasteiger partial charge in [-0.25, -0.2) is 9.97 Å². The topological polar surface area (TPSA) is 48.5 Å². The summed E-state index contributed by atoms with van der Waals surface area (Å²) in [7, 11) is 0. The van der Waals surface area contributed by atoms with Crippen LogP contribution in [0.15, 0.2) is 194 Å². The first-order chi connectivity index (χ1) is 28.2. The minimum atomic E-state index is 0.809. The first-order valence-corrected chi connectivity index (χ1v) is 19.3. The lowest BCUT2D eigenvalue weighted by Crippen LogP contribution is -2.00. The van der Waals surface area contributed by atoms with Gasteiger partial charge in [0.2, 0.25) is 0 Å². The Kier molecular flexibility index (Phi) is 7.64. The second-order valence-corrected chi connectivity index (χ2v) is 14.5. The van der Waals surface area contributed by atoms with Crippen LogP contribution in [0, 0.1) is 6.92 Å². The van der Waals surface area contributed by atoms with E-state index in [-0.39, 0.29) is 0 Å². The summed E-state index contributed by atoms with van der Waals surface area (Å²) in [4.78, 5) is 15.4. The first-order valence-electron chi connectivity index (χ1n) is 19.3. The number of hydrogen-bond acceptors (Lipinski definition) is 3. The van der Waals surface area contributed by atoms with Crippen LogP contribution in [0.25, 0.3) is 100 Å². The molecule has 0 aliphatic heterocycles. The van der Waals surface area contributed by atoms with E-state index in [0.717, 1.165) is 56.5 Å². The molecule has 5 heteroatoms. The molecule has 11 rings (SSSR count). The lowest BCUT2D eigenvalue weighted by atomic mass is 9.99. The van der Waals surface area contributed by atoms with Gasteiger partial charge in [-0.05, 0) is 91.3 Å². The molecule has 11 aromatic rings. The van der Waals surface area contributed by atoms with Gasteiger partial charge in [0.25, 0.3) is 0 Å². The molecule has 0 radical (unpaired) electrons. The third kappa shape index (κ3) is 5.35. The van der Waals surface area contributed by atoms with Crippen LogP contribution in [0.3, 0.4) is 0 Å². The molecule has 0 bridgehead atoms. The zero-order valence-corrected chi connectivity index (χ0v) is 31.2. The number of pyridine rings is 3. The summed E-state index contributed by atoms with van der Waals surface area (Å²) in [6, 6.07) is 66.1. The van der Waals surface area contributed by atoms with Gasteiger partial charge in [-0.3, -0.25) is 4.98 Å². The number of rotatable bonds is 6. The van der Waals surface area contributed by atoms with E-state index in [1.165, 1.54) is 49.2 Å². The van der Waals surface area contributed by atoms with Gasteiger partial charge in [-0.15, -0.1) is 0 Å². The summed E-state index contributed by atoms with van der Waals surface area (Å²) in [5.74, 6) is 0. The van der Waals surface area contributed by atoms with Crippen molar-refractivity contribution >= 4 is 43.6 Å². The van der Waals surface area contributed by atoms with E-state index < -0.39 is 0 Å². The molecule has 0 saturated carbocycles.